The fourth-order valence-corrected chi connectivity index (χ4v) is 4.39. The van der Waals surface area contributed by atoms with Gasteiger partial charge in [0, 0.05) is 43.5 Å². The molecule has 4 rings (SSSR count). The van der Waals surface area contributed by atoms with Crippen LogP contribution >= 0.6 is 0 Å². The molecule has 0 aliphatic carbocycles. The van der Waals surface area contributed by atoms with Gasteiger partial charge in [-0.1, -0.05) is 80.9 Å². The van der Waals surface area contributed by atoms with Gasteiger partial charge in [0.25, 0.3) is 0 Å². The Bertz CT molecular complexity index is 1120. The molecule has 5 nitrogen and oxygen atoms in total. The van der Waals surface area contributed by atoms with Crippen molar-refractivity contribution in [3.05, 3.63) is 93.8 Å². The lowest BCUT2D eigenvalue weighted by atomic mass is 9.93. The normalized spacial score (nSPS) is 16.9. The lowest BCUT2D eigenvalue weighted by molar-refractivity contribution is -0.113. The number of aromatic nitrogens is 3. The summed E-state index contributed by atoms with van der Waals surface area (Å²) < 4.78 is 1.92. The number of benzene rings is 2. The highest BCUT2D eigenvalue weighted by Gasteiger charge is 2.26. The second-order valence-electron chi connectivity index (χ2n) is 9.33. The molecule has 0 bridgehead atoms. The Hall–Kier alpha value is -3.31. The molecule has 2 heterocycles. The number of hydrogen-bond donors (Lipinski definition) is 0. The second kappa shape index (κ2) is 11.9. The van der Waals surface area contributed by atoms with Crippen LogP contribution in [0.15, 0.2) is 65.9 Å². The maximum absolute atomic E-state index is 13.5. The number of piperidine rings is 1. The number of aryl methyl sites for hydroxylation is 3. The van der Waals surface area contributed by atoms with E-state index in [9.17, 15) is 4.79 Å². The van der Waals surface area contributed by atoms with Crippen molar-refractivity contribution >= 4 is 17.9 Å². The Morgan fingerprint density at radius 3 is 1.86 bits per heavy atom. The van der Waals surface area contributed by atoms with Crippen LogP contribution in [0.2, 0.25) is 0 Å². The van der Waals surface area contributed by atoms with Crippen molar-refractivity contribution in [1.82, 2.24) is 19.9 Å². The van der Waals surface area contributed by atoms with Gasteiger partial charge in [-0.15, -0.1) is 5.10 Å². The van der Waals surface area contributed by atoms with Crippen LogP contribution in [-0.2, 0) is 30.7 Å². The lowest BCUT2D eigenvalue weighted by Crippen LogP contribution is -2.37. The predicted molar refractivity (Wildman–Crippen MR) is 143 cm³/mol. The monoisotopic (exact) mass is 468 g/mol. The standard InChI is InChI=1S/C30H36N4O/c1-4-7-16-34-22-29(31-32-34)21-33-19-27(17-25-12-8-23(5-2)9-13-25)30(35)28(20-33)18-26-14-10-24(6-3)11-15-26/h8-15,17-18,22H,4-7,16,19-21H2,1-3H3/b27-17-,28-18+. The van der Waals surface area contributed by atoms with Gasteiger partial charge in [-0.2, -0.15) is 0 Å². The maximum Gasteiger partial charge on any atom is 0.187 e. The third-order valence-corrected chi connectivity index (χ3v) is 6.54. The Morgan fingerprint density at radius 2 is 1.37 bits per heavy atom. The van der Waals surface area contributed by atoms with Crippen LogP contribution in [-0.4, -0.2) is 38.8 Å². The molecule has 0 spiro atoms. The van der Waals surface area contributed by atoms with Crippen LogP contribution in [0.3, 0.4) is 0 Å². The highest BCUT2D eigenvalue weighted by molar-refractivity contribution is 6.14. The quantitative estimate of drug-likeness (QED) is 0.375. The van der Waals surface area contributed by atoms with Gasteiger partial charge in [-0.3, -0.25) is 14.4 Å². The SMILES string of the molecule is CCCCn1cc(CN2C/C(=C/c3ccc(CC)cc3)C(=O)/C(=C/c3ccc(CC)cc3)C2)nn1. The van der Waals surface area contributed by atoms with Crippen LogP contribution < -0.4 is 0 Å². The number of rotatable bonds is 9. The molecule has 1 saturated heterocycles. The number of carbonyl (C=O) groups is 1. The molecule has 0 saturated carbocycles. The number of hydrogen-bond acceptors (Lipinski definition) is 4. The van der Waals surface area contributed by atoms with Crippen molar-refractivity contribution in [3.8, 4) is 0 Å². The van der Waals surface area contributed by atoms with E-state index >= 15 is 0 Å². The summed E-state index contributed by atoms with van der Waals surface area (Å²) in [5.74, 6) is 0.131. The smallest absolute Gasteiger partial charge is 0.187 e. The highest BCUT2D eigenvalue weighted by Crippen LogP contribution is 2.24. The van der Waals surface area contributed by atoms with E-state index < -0.39 is 0 Å². The lowest BCUT2D eigenvalue weighted by Gasteiger charge is -2.29. The Morgan fingerprint density at radius 1 is 0.829 bits per heavy atom. The largest absolute Gasteiger partial charge is 0.289 e. The average molecular weight is 469 g/mol. The fourth-order valence-electron chi connectivity index (χ4n) is 4.39. The van der Waals surface area contributed by atoms with Gasteiger partial charge >= 0.3 is 0 Å². The predicted octanol–water partition coefficient (Wildman–Crippen LogP) is 5.75. The molecule has 1 aromatic heterocycles. The molecule has 0 atom stereocenters. The van der Waals surface area contributed by atoms with E-state index in [0.717, 1.165) is 60.2 Å². The van der Waals surface area contributed by atoms with E-state index in [1.54, 1.807) is 0 Å². The average Bonchev–Trinajstić information content (AvgIpc) is 3.33. The molecule has 0 unspecified atom stereocenters. The van der Waals surface area contributed by atoms with E-state index in [1.165, 1.54) is 11.1 Å². The van der Waals surface area contributed by atoms with Gasteiger partial charge in [-0.25, -0.2) is 0 Å². The summed E-state index contributed by atoms with van der Waals surface area (Å²) in [6.07, 6.45) is 10.4. The van der Waals surface area contributed by atoms with Crippen molar-refractivity contribution < 1.29 is 4.79 Å². The summed E-state index contributed by atoms with van der Waals surface area (Å²) in [5.41, 5.74) is 7.28. The summed E-state index contributed by atoms with van der Waals surface area (Å²) in [6.45, 7) is 9.23. The van der Waals surface area contributed by atoms with Crippen LogP contribution in [0.4, 0.5) is 0 Å². The molecule has 0 radical (unpaired) electrons. The van der Waals surface area contributed by atoms with Crippen LogP contribution in [0.1, 0.15) is 61.6 Å². The molecular formula is C30H36N4O. The minimum Gasteiger partial charge on any atom is -0.289 e. The maximum atomic E-state index is 13.5. The number of likely N-dealkylation sites (tertiary alicyclic amines) is 1. The Kier molecular flexibility index (Phi) is 8.43. The van der Waals surface area contributed by atoms with E-state index in [1.807, 2.05) is 23.0 Å². The number of nitrogens with zero attached hydrogens (tertiary/aromatic N) is 4. The van der Waals surface area contributed by atoms with Crippen molar-refractivity contribution in [3.63, 3.8) is 0 Å². The van der Waals surface area contributed by atoms with Gasteiger partial charge in [0.2, 0.25) is 0 Å². The molecule has 1 aliphatic rings. The minimum atomic E-state index is 0.131. The van der Waals surface area contributed by atoms with Gasteiger partial charge < -0.3 is 0 Å². The van der Waals surface area contributed by atoms with Gasteiger partial charge in [0.1, 0.15) is 0 Å². The van der Waals surface area contributed by atoms with E-state index in [0.29, 0.717) is 19.6 Å². The Labute approximate surface area is 209 Å². The molecule has 35 heavy (non-hydrogen) atoms. The fraction of sp³-hybridized carbons (Fsp3) is 0.367. The molecule has 3 aromatic rings. The first-order valence-electron chi connectivity index (χ1n) is 12.8. The summed E-state index contributed by atoms with van der Waals surface area (Å²) in [6, 6.07) is 17.0. The van der Waals surface area contributed by atoms with Crippen LogP contribution in [0, 0.1) is 0 Å². The topological polar surface area (TPSA) is 51.0 Å². The van der Waals surface area contributed by atoms with Crippen LogP contribution in [0.25, 0.3) is 12.2 Å². The number of ketones is 1. The summed E-state index contributed by atoms with van der Waals surface area (Å²) in [7, 11) is 0. The van der Waals surface area contributed by atoms with Crippen LogP contribution in [0.5, 0.6) is 0 Å². The van der Waals surface area contributed by atoms with Gasteiger partial charge in [-0.05, 0) is 53.7 Å². The first kappa shape index (κ1) is 24.8. The minimum absolute atomic E-state index is 0.131. The first-order valence-corrected chi connectivity index (χ1v) is 12.8. The van der Waals surface area contributed by atoms with Gasteiger partial charge in [0.05, 0.1) is 5.69 Å². The summed E-state index contributed by atoms with van der Waals surface area (Å²) >= 11 is 0. The van der Waals surface area contributed by atoms with Crippen molar-refractivity contribution in [1.29, 1.82) is 0 Å². The molecule has 0 amide bonds. The number of Topliss-reactive ketones (excluding diaryl/α,β-unsaturated/α-hetero) is 1. The summed E-state index contributed by atoms with van der Waals surface area (Å²) in [4.78, 5) is 15.8. The zero-order valence-corrected chi connectivity index (χ0v) is 21.2. The zero-order chi connectivity index (χ0) is 24.6. The van der Waals surface area contributed by atoms with Gasteiger partial charge in [0.15, 0.2) is 5.78 Å². The molecule has 1 fully saturated rings. The van der Waals surface area contributed by atoms with Crippen molar-refractivity contribution in [2.24, 2.45) is 0 Å². The van der Waals surface area contributed by atoms with E-state index in [4.69, 9.17) is 0 Å². The summed E-state index contributed by atoms with van der Waals surface area (Å²) in [5, 5.41) is 8.67. The first-order chi connectivity index (χ1) is 17.1. The highest BCUT2D eigenvalue weighted by atomic mass is 16.1. The van der Waals surface area contributed by atoms with Crippen molar-refractivity contribution in [2.75, 3.05) is 13.1 Å². The van der Waals surface area contributed by atoms with E-state index in [2.05, 4.69) is 84.5 Å². The number of unbranched alkanes of at least 4 members (excludes halogenated alkanes) is 1. The van der Waals surface area contributed by atoms with E-state index in [-0.39, 0.29) is 5.78 Å². The third-order valence-electron chi connectivity index (χ3n) is 6.54. The zero-order valence-electron chi connectivity index (χ0n) is 21.2. The molecule has 2 aromatic carbocycles. The third kappa shape index (κ3) is 6.64. The Balaban J connectivity index is 1.60. The van der Waals surface area contributed by atoms with Crippen molar-refractivity contribution in [2.45, 2.75) is 59.5 Å². The molecule has 5 heteroatoms. The second-order valence-corrected chi connectivity index (χ2v) is 9.33. The molecule has 1 aliphatic heterocycles. The molecule has 0 N–H and O–H groups in total. The number of carbonyl (C=O) groups excluding carboxylic acids is 1. The molecular weight excluding hydrogens is 432 g/mol. The molecule has 182 valence electrons.